The third kappa shape index (κ3) is 1.86. The van der Waals surface area contributed by atoms with E-state index in [2.05, 4.69) is 43.3 Å². The van der Waals surface area contributed by atoms with Crippen LogP contribution >= 0.6 is 0 Å². The second kappa shape index (κ2) is 4.27. The summed E-state index contributed by atoms with van der Waals surface area (Å²) >= 11 is 0. The number of aryl methyl sites for hydroxylation is 1. The van der Waals surface area contributed by atoms with E-state index in [0.717, 1.165) is 6.42 Å². The Labute approximate surface area is 107 Å². The Kier molecular flexibility index (Phi) is 2.73. The van der Waals surface area contributed by atoms with E-state index in [9.17, 15) is 4.79 Å². The number of fused-ring (bicyclic) bond motifs is 2. The molecular weight excluding hydrogens is 224 g/mol. The Balaban J connectivity index is 1.91. The molecule has 1 aromatic rings. The molecule has 94 valence electrons. The van der Waals surface area contributed by atoms with Gasteiger partial charge >= 0.3 is 5.97 Å². The Bertz CT molecular complexity index is 486. The topological polar surface area (TPSA) is 37.3 Å². The van der Waals surface area contributed by atoms with Gasteiger partial charge in [0, 0.05) is 6.42 Å². The van der Waals surface area contributed by atoms with Crippen molar-refractivity contribution in [2.24, 2.45) is 17.8 Å². The summed E-state index contributed by atoms with van der Waals surface area (Å²) in [6.07, 6.45) is 5.94. The molecule has 0 amide bonds. The molecule has 0 aromatic heterocycles. The minimum absolute atomic E-state index is 0.278. The third-order valence-corrected chi connectivity index (χ3v) is 4.49. The molecule has 2 aliphatic carbocycles. The van der Waals surface area contributed by atoms with E-state index >= 15 is 0 Å². The van der Waals surface area contributed by atoms with Gasteiger partial charge in [0.05, 0.1) is 0 Å². The molecule has 2 nitrogen and oxygen atoms in total. The van der Waals surface area contributed by atoms with Crippen LogP contribution in [0.1, 0.15) is 29.9 Å². The van der Waals surface area contributed by atoms with Gasteiger partial charge in [-0.05, 0) is 42.6 Å². The molecule has 1 aromatic carbocycles. The van der Waals surface area contributed by atoms with Gasteiger partial charge < -0.3 is 5.11 Å². The molecule has 0 aliphatic heterocycles. The quantitative estimate of drug-likeness (QED) is 0.825. The van der Waals surface area contributed by atoms with Crippen molar-refractivity contribution in [1.82, 2.24) is 0 Å². The molecule has 1 saturated carbocycles. The Hall–Kier alpha value is -1.57. The third-order valence-electron chi connectivity index (χ3n) is 4.49. The van der Waals surface area contributed by atoms with E-state index in [1.165, 1.54) is 11.1 Å². The molecule has 2 bridgehead atoms. The molecule has 4 unspecified atom stereocenters. The molecule has 1 fully saturated rings. The lowest BCUT2D eigenvalue weighted by Gasteiger charge is -2.27. The fraction of sp³-hybridized carbons (Fsp3) is 0.438. The molecule has 0 saturated heterocycles. The standard InChI is InChI=1S/C16H18O2/c1-10-2-4-11(5-3-10)16-13-7-6-12(8-13)14(16)9-15(17)18/h2-7,12-14,16H,8-9H2,1H3,(H,17,18). The van der Waals surface area contributed by atoms with Crippen LogP contribution in [-0.4, -0.2) is 11.1 Å². The number of allylic oxidation sites excluding steroid dienone is 2. The Morgan fingerprint density at radius 1 is 1.22 bits per heavy atom. The summed E-state index contributed by atoms with van der Waals surface area (Å²) in [6.45, 7) is 2.08. The largest absolute Gasteiger partial charge is 0.481 e. The van der Waals surface area contributed by atoms with Crippen LogP contribution in [-0.2, 0) is 4.79 Å². The highest BCUT2D eigenvalue weighted by molar-refractivity contribution is 5.67. The van der Waals surface area contributed by atoms with Gasteiger partial charge in [-0.25, -0.2) is 0 Å². The highest BCUT2D eigenvalue weighted by Crippen LogP contribution is 2.54. The average molecular weight is 242 g/mol. The normalized spacial score (nSPS) is 32.9. The monoisotopic (exact) mass is 242 g/mol. The number of benzene rings is 1. The second-order valence-electron chi connectivity index (χ2n) is 5.65. The molecular formula is C16H18O2. The van der Waals surface area contributed by atoms with Crippen LogP contribution in [0, 0.1) is 24.7 Å². The van der Waals surface area contributed by atoms with Gasteiger partial charge in [-0.1, -0.05) is 42.0 Å². The second-order valence-corrected chi connectivity index (χ2v) is 5.65. The van der Waals surface area contributed by atoms with Crippen molar-refractivity contribution in [3.05, 3.63) is 47.5 Å². The minimum atomic E-state index is -0.668. The number of carbonyl (C=O) groups is 1. The molecule has 18 heavy (non-hydrogen) atoms. The molecule has 3 rings (SSSR count). The van der Waals surface area contributed by atoms with E-state index in [-0.39, 0.29) is 5.92 Å². The lowest BCUT2D eigenvalue weighted by Crippen LogP contribution is -2.20. The zero-order valence-corrected chi connectivity index (χ0v) is 10.5. The van der Waals surface area contributed by atoms with Gasteiger partial charge in [-0.15, -0.1) is 0 Å². The summed E-state index contributed by atoms with van der Waals surface area (Å²) in [7, 11) is 0. The first kappa shape index (κ1) is 11.5. The Morgan fingerprint density at radius 2 is 1.89 bits per heavy atom. The summed E-state index contributed by atoms with van der Waals surface area (Å²) < 4.78 is 0. The van der Waals surface area contributed by atoms with Crippen LogP contribution in [0.15, 0.2) is 36.4 Å². The fourth-order valence-corrected chi connectivity index (χ4v) is 3.69. The molecule has 2 heteroatoms. The van der Waals surface area contributed by atoms with Crippen molar-refractivity contribution in [1.29, 1.82) is 0 Å². The summed E-state index contributed by atoms with van der Waals surface area (Å²) in [5.74, 6) is 1.02. The number of carboxylic acid groups (broad SMARTS) is 1. The number of rotatable bonds is 3. The highest BCUT2D eigenvalue weighted by Gasteiger charge is 2.45. The highest BCUT2D eigenvalue weighted by atomic mass is 16.4. The van der Waals surface area contributed by atoms with Crippen molar-refractivity contribution in [3.8, 4) is 0 Å². The van der Waals surface area contributed by atoms with Crippen LogP contribution in [0.4, 0.5) is 0 Å². The maximum absolute atomic E-state index is 11.0. The summed E-state index contributed by atoms with van der Waals surface area (Å²) in [5.41, 5.74) is 2.57. The zero-order valence-electron chi connectivity index (χ0n) is 10.5. The lowest BCUT2D eigenvalue weighted by atomic mass is 9.77. The molecule has 0 radical (unpaired) electrons. The smallest absolute Gasteiger partial charge is 0.303 e. The number of hydrogen-bond donors (Lipinski definition) is 1. The summed E-state index contributed by atoms with van der Waals surface area (Å²) in [6, 6.07) is 8.60. The SMILES string of the molecule is Cc1ccc(C2C3C=CC(C3)C2CC(=O)O)cc1. The van der Waals surface area contributed by atoms with E-state index in [1.807, 2.05) is 0 Å². The van der Waals surface area contributed by atoms with Gasteiger partial charge in [-0.3, -0.25) is 4.79 Å². The first-order valence-corrected chi connectivity index (χ1v) is 6.62. The first-order valence-electron chi connectivity index (χ1n) is 6.62. The summed E-state index contributed by atoms with van der Waals surface area (Å²) in [4.78, 5) is 11.0. The number of hydrogen-bond acceptors (Lipinski definition) is 1. The van der Waals surface area contributed by atoms with Crippen LogP contribution < -0.4 is 0 Å². The van der Waals surface area contributed by atoms with Crippen molar-refractivity contribution in [2.75, 3.05) is 0 Å². The lowest BCUT2D eigenvalue weighted by molar-refractivity contribution is -0.138. The molecule has 4 atom stereocenters. The zero-order chi connectivity index (χ0) is 12.7. The van der Waals surface area contributed by atoms with E-state index in [4.69, 9.17) is 5.11 Å². The van der Waals surface area contributed by atoms with Crippen LogP contribution in [0.5, 0.6) is 0 Å². The predicted octanol–water partition coefficient (Wildman–Crippen LogP) is 3.38. The van der Waals surface area contributed by atoms with Crippen molar-refractivity contribution < 1.29 is 9.90 Å². The Morgan fingerprint density at radius 3 is 2.56 bits per heavy atom. The molecule has 0 spiro atoms. The van der Waals surface area contributed by atoms with Gasteiger partial charge in [0.15, 0.2) is 0 Å². The van der Waals surface area contributed by atoms with Gasteiger partial charge in [0.1, 0.15) is 0 Å². The van der Waals surface area contributed by atoms with E-state index < -0.39 is 5.97 Å². The van der Waals surface area contributed by atoms with Crippen molar-refractivity contribution in [2.45, 2.75) is 25.7 Å². The number of carboxylic acids is 1. The molecule has 2 aliphatic rings. The van der Waals surface area contributed by atoms with E-state index in [1.54, 1.807) is 0 Å². The predicted molar refractivity (Wildman–Crippen MR) is 70.4 cm³/mol. The van der Waals surface area contributed by atoms with E-state index in [0.29, 0.717) is 24.2 Å². The number of aliphatic carboxylic acids is 1. The fourth-order valence-electron chi connectivity index (χ4n) is 3.69. The van der Waals surface area contributed by atoms with Crippen LogP contribution in [0.3, 0.4) is 0 Å². The van der Waals surface area contributed by atoms with Gasteiger partial charge in [0.25, 0.3) is 0 Å². The van der Waals surface area contributed by atoms with Gasteiger partial charge in [0.2, 0.25) is 0 Å². The van der Waals surface area contributed by atoms with Crippen molar-refractivity contribution >= 4 is 5.97 Å². The average Bonchev–Trinajstić information content (AvgIpc) is 2.90. The van der Waals surface area contributed by atoms with Crippen molar-refractivity contribution in [3.63, 3.8) is 0 Å². The van der Waals surface area contributed by atoms with Crippen LogP contribution in [0.25, 0.3) is 0 Å². The van der Waals surface area contributed by atoms with Gasteiger partial charge in [-0.2, -0.15) is 0 Å². The maximum atomic E-state index is 11.0. The maximum Gasteiger partial charge on any atom is 0.303 e. The molecule has 0 heterocycles. The summed E-state index contributed by atoms with van der Waals surface area (Å²) in [5, 5.41) is 9.09. The minimum Gasteiger partial charge on any atom is -0.481 e. The van der Waals surface area contributed by atoms with Crippen LogP contribution in [0.2, 0.25) is 0 Å². The first-order chi connectivity index (χ1) is 8.65. The molecule has 1 N–H and O–H groups in total.